The number of rotatable bonds is 5. The molecule has 2 aromatic carbocycles. The number of hydrogen-bond acceptors (Lipinski definition) is 7. The molecule has 2 aliphatic rings. The van der Waals surface area contributed by atoms with Gasteiger partial charge in [-0.15, -0.1) is 11.8 Å². The summed E-state index contributed by atoms with van der Waals surface area (Å²) in [7, 11) is 1.99. The highest BCUT2D eigenvalue weighted by atomic mass is 32.2. The van der Waals surface area contributed by atoms with Crippen molar-refractivity contribution in [2.75, 3.05) is 49.3 Å². The van der Waals surface area contributed by atoms with Gasteiger partial charge in [0, 0.05) is 35.7 Å². The predicted molar refractivity (Wildman–Crippen MR) is 124 cm³/mol. The van der Waals surface area contributed by atoms with E-state index in [1.807, 2.05) is 18.8 Å². The Hall–Kier alpha value is -2.35. The quantitative estimate of drug-likeness (QED) is 0.654. The summed E-state index contributed by atoms with van der Waals surface area (Å²) in [5.74, 6) is 2.70. The largest absolute Gasteiger partial charge is 0.377 e. The average Bonchev–Trinajstić information content (AvgIpc) is 2.96. The Morgan fingerprint density at radius 2 is 2.03 bits per heavy atom. The van der Waals surface area contributed by atoms with Crippen LogP contribution in [-0.4, -0.2) is 54.6 Å². The van der Waals surface area contributed by atoms with E-state index in [4.69, 9.17) is 14.7 Å². The third-order valence-corrected chi connectivity index (χ3v) is 7.05. The third kappa shape index (κ3) is 3.73. The zero-order valence-corrected chi connectivity index (χ0v) is 18.3. The molecule has 2 aliphatic heterocycles. The molecule has 1 fully saturated rings. The molecule has 0 spiro atoms. The van der Waals surface area contributed by atoms with Gasteiger partial charge in [-0.25, -0.2) is 4.98 Å². The second-order valence-corrected chi connectivity index (χ2v) is 9.28. The first-order chi connectivity index (χ1) is 14.7. The van der Waals surface area contributed by atoms with Crippen molar-refractivity contribution in [3.05, 3.63) is 53.6 Å². The Labute approximate surface area is 181 Å². The Morgan fingerprint density at radius 3 is 2.83 bits per heavy atom. The zero-order chi connectivity index (χ0) is 20.6. The number of likely N-dealkylation sites (N-methyl/N-ethyl adjacent to an activating group) is 1. The first-order valence-corrected chi connectivity index (χ1v) is 11.4. The van der Waals surface area contributed by atoms with E-state index in [1.54, 1.807) is 0 Å². The van der Waals surface area contributed by atoms with Crippen LogP contribution in [0.25, 0.3) is 10.9 Å². The van der Waals surface area contributed by atoms with Crippen molar-refractivity contribution in [2.45, 2.75) is 23.9 Å². The van der Waals surface area contributed by atoms with Crippen LogP contribution in [-0.2, 0) is 11.3 Å². The fraction of sp³-hybridized carbons (Fsp3) is 0.391. The number of benzene rings is 2. The minimum atomic E-state index is -0.0283. The Bertz CT molecular complexity index is 1060. The molecule has 1 saturated heterocycles. The van der Waals surface area contributed by atoms with Gasteiger partial charge in [0.15, 0.2) is 0 Å². The first-order valence-electron chi connectivity index (χ1n) is 10.4. The fourth-order valence-corrected chi connectivity index (χ4v) is 4.96. The molecule has 1 aromatic heterocycles. The highest BCUT2D eigenvalue weighted by molar-refractivity contribution is 7.99. The van der Waals surface area contributed by atoms with Crippen molar-refractivity contribution in [1.82, 2.24) is 15.3 Å². The van der Waals surface area contributed by atoms with Crippen molar-refractivity contribution in [2.24, 2.45) is 0 Å². The minimum Gasteiger partial charge on any atom is -0.377 e. The number of fused-ring (bicyclic) bond motifs is 2. The van der Waals surface area contributed by atoms with Crippen LogP contribution in [0.1, 0.15) is 11.1 Å². The molecule has 3 heterocycles. The van der Waals surface area contributed by atoms with Gasteiger partial charge in [-0.2, -0.15) is 4.98 Å². The summed E-state index contributed by atoms with van der Waals surface area (Å²) in [5.41, 5.74) is 3.49. The van der Waals surface area contributed by atoms with E-state index >= 15 is 0 Å². The normalized spacial score (nSPS) is 17.9. The molecule has 0 radical (unpaired) electrons. The molecule has 0 saturated carbocycles. The minimum absolute atomic E-state index is 0.0283. The molecule has 5 rings (SSSR count). The lowest BCUT2D eigenvalue weighted by Gasteiger charge is -2.41. The lowest BCUT2D eigenvalue weighted by molar-refractivity contribution is -0.0632. The second-order valence-electron chi connectivity index (χ2n) is 8.15. The molecule has 30 heavy (non-hydrogen) atoms. The van der Waals surface area contributed by atoms with Gasteiger partial charge < -0.3 is 20.3 Å². The topological polar surface area (TPSA) is 62.3 Å². The van der Waals surface area contributed by atoms with Crippen molar-refractivity contribution >= 4 is 34.4 Å². The molecule has 6 nitrogen and oxygen atoms in total. The monoisotopic (exact) mass is 421 g/mol. The standard InChI is InChI=1S/C23H27N5OS/c1-16-7-8-19-18(11-16)21(25-13-23(24-2)14-29-15-23)27-22(26-19)28-9-10-30-20-6-4-3-5-17(20)12-28/h3-8,11,24H,9-10,12-15H2,1-2H3,(H,25,26,27). The molecule has 156 valence electrons. The number of thioether (sulfide) groups is 1. The van der Waals surface area contributed by atoms with E-state index in [0.717, 1.165) is 48.1 Å². The molecule has 0 atom stereocenters. The van der Waals surface area contributed by atoms with Crippen LogP contribution in [0.3, 0.4) is 0 Å². The van der Waals surface area contributed by atoms with Crippen LogP contribution >= 0.6 is 11.8 Å². The third-order valence-electron chi connectivity index (χ3n) is 5.96. The summed E-state index contributed by atoms with van der Waals surface area (Å²) >= 11 is 1.91. The summed E-state index contributed by atoms with van der Waals surface area (Å²) in [6.45, 7) is 6.05. The van der Waals surface area contributed by atoms with Gasteiger partial charge in [0.2, 0.25) is 5.95 Å². The maximum atomic E-state index is 5.44. The molecule has 2 N–H and O–H groups in total. The molecule has 0 bridgehead atoms. The molecular weight excluding hydrogens is 394 g/mol. The van der Waals surface area contributed by atoms with Gasteiger partial charge in [0.25, 0.3) is 0 Å². The molecular formula is C23H27N5OS. The number of ether oxygens (including phenoxy) is 1. The van der Waals surface area contributed by atoms with Gasteiger partial charge in [-0.3, -0.25) is 0 Å². The molecule has 0 aliphatic carbocycles. The lowest BCUT2D eigenvalue weighted by atomic mass is 9.98. The number of aromatic nitrogens is 2. The summed E-state index contributed by atoms with van der Waals surface area (Å²) in [5, 5.41) is 8.06. The van der Waals surface area contributed by atoms with Crippen molar-refractivity contribution in [3.63, 3.8) is 0 Å². The smallest absolute Gasteiger partial charge is 0.228 e. The Kier molecular flexibility index (Phi) is 5.26. The predicted octanol–water partition coefficient (Wildman–Crippen LogP) is 3.45. The van der Waals surface area contributed by atoms with E-state index in [2.05, 4.69) is 64.9 Å². The van der Waals surface area contributed by atoms with Gasteiger partial charge in [0.1, 0.15) is 5.82 Å². The Balaban J connectivity index is 1.50. The van der Waals surface area contributed by atoms with Crippen molar-refractivity contribution < 1.29 is 4.74 Å². The van der Waals surface area contributed by atoms with Gasteiger partial charge in [0.05, 0.1) is 24.3 Å². The first kappa shape index (κ1) is 19.6. The van der Waals surface area contributed by atoms with Gasteiger partial charge in [-0.1, -0.05) is 29.8 Å². The molecule has 3 aromatic rings. The van der Waals surface area contributed by atoms with Crippen LogP contribution in [0.5, 0.6) is 0 Å². The van der Waals surface area contributed by atoms with E-state index in [0.29, 0.717) is 13.2 Å². The Morgan fingerprint density at radius 1 is 1.17 bits per heavy atom. The second kappa shape index (κ2) is 8.06. The van der Waals surface area contributed by atoms with Crippen molar-refractivity contribution in [3.8, 4) is 0 Å². The number of aryl methyl sites for hydroxylation is 1. The number of hydrogen-bond donors (Lipinski definition) is 2. The van der Waals surface area contributed by atoms with Gasteiger partial charge >= 0.3 is 0 Å². The highest BCUT2D eigenvalue weighted by Crippen LogP contribution is 2.31. The summed E-state index contributed by atoms with van der Waals surface area (Å²) in [4.78, 5) is 13.6. The van der Waals surface area contributed by atoms with Crippen LogP contribution in [0.4, 0.5) is 11.8 Å². The van der Waals surface area contributed by atoms with E-state index < -0.39 is 0 Å². The lowest BCUT2D eigenvalue weighted by Crippen LogP contribution is -2.63. The molecule has 0 unspecified atom stereocenters. The van der Waals surface area contributed by atoms with Gasteiger partial charge in [-0.05, 0) is 37.7 Å². The van der Waals surface area contributed by atoms with E-state index in [-0.39, 0.29) is 5.54 Å². The SMILES string of the molecule is CNC1(CNc2nc(N3CCSc4ccccc4C3)nc3ccc(C)cc23)COC1. The number of nitrogens with zero attached hydrogens (tertiary/aromatic N) is 3. The fourth-order valence-electron chi connectivity index (χ4n) is 3.94. The number of nitrogens with one attached hydrogen (secondary N) is 2. The molecule has 7 heteroatoms. The maximum Gasteiger partial charge on any atom is 0.228 e. The highest BCUT2D eigenvalue weighted by Gasteiger charge is 2.37. The number of anilines is 2. The van der Waals surface area contributed by atoms with Crippen LogP contribution in [0.2, 0.25) is 0 Å². The van der Waals surface area contributed by atoms with Crippen LogP contribution in [0.15, 0.2) is 47.4 Å². The molecule has 0 amide bonds. The van der Waals surface area contributed by atoms with Crippen LogP contribution < -0.4 is 15.5 Å². The summed E-state index contributed by atoms with van der Waals surface area (Å²) < 4.78 is 5.44. The van der Waals surface area contributed by atoms with E-state index in [9.17, 15) is 0 Å². The van der Waals surface area contributed by atoms with E-state index in [1.165, 1.54) is 16.0 Å². The summed E-state index contributed by atoms with van der Waals surface area (Å²) in [6, 6.07) is 15.0. The average molecular weight is 422 g/mol. The maximum absolute atomic E-state index is 5.44. The summed E-state index contributed by atoms with van der Waals surface area (Å²) in [6.07, 6.45) is 0. The van der Waals surface area contributed by atoms with Crippen LogP contribution in [0, 0.1) is 6.92 Å². The zero-order valence-electron chi connectivity index (χ0n) is 17.4. The van der Waals surface area contributed by atoms with Crippen molar-refractivity contribution in [1.29, 1.82) is 0 Å².